The minimum Gasteiger partial charge on any atom is -0.504 e. The van der Waals surface area contributed by atoms with Crippen LogP contribution in [0.25, 0.3) is 11.1 Å². The summed E-state index contributed by atoms with van der Waals surface area (Å²) >= 11 is 0. The van der Waals surface area contributed by atoms with Crippen molar-refractivity contribution in [3.05, 3.63) is 46.8 Å². The number of hydrogen-bond acceptors (Lipinski definition) is 5. The van der Waals surface area contributed by atoms with E-state index < -0.39 is 4.92 Å². The molecule has 0 aliphatic rings. The fourth-order valence-electron chi connectivity index (χ4n) is 1.63. The highest BCUT2D eigenvalue weighted by Gasteiger charge is 2.19. The van der Waals surface area contributed by atoms with Crippen molar-refractivity contribution in [3.8, 4) is 22.6 Å². The van der Waals surface area contributed by atoms with E-state index in [9.17, 15) is 15.2 Å². The van der Waals surface area contributed by atoms with Crippen LogP contribution in [0.5, 0.6) is 11.5 Å². The van der Waals surface area contributed by atoms with Gasteiger partial charge in [0.15, 0.2) is 11.5 Å². The Kier molecular flexibility index (Phi) is 3.09. The highest BCUT2D eigenvalue weighted by molar-refractivity contribution is 5.76. The summed E-state index contributed by atoms with van der Waals surface area (Å²) < 4.78 is 4.95. The molecular weight excluding hydrogens is 236 g/mol. The molecule has 0 spiro atoms. The first-order valence-corrected chi connectivity index (χ1v) is 5.09. The molecule has 0 unspecified atom stereocenters. The van der Waals surface area contributed by atoms with Crippen molar-refractivity contribution in [3.63, 3.8) is 0 Å². The molecule has 0 radical (unpaired) electrons. The van der Waals surface area contributed by atoms with Crippen molar-refractivity contribution in [2.24, 2.45) is 0 Å². The van der Waals surface area contributed by atoms with Crippen molar-refractivity contribution in [2.75, 3.05) is 7.11 Å². The lowest BCUT2D eigenvalue weighted by atomic mass is 10.0. The van der Waals surface area contributed by atoms with E-state index in [0.29, 0.717) is 11.1 Å². The third kappa shape index (κ3) is 2.08. The molecule has 0 fully saturated rings. The van der Waals surface area contributed by atoms with Crippen LogP contribution in [0, 0.1) is 10.1 Å². The predicted molar refractivity (Wildman–Crippen MR) is 64.5 cm³/mol. The Labute approximate surface area is 103 Å². The lowest BCUT2D eigenvalue weighted by Crippen LogP contribution is -1.94. The Bertz CT molecular complexity index is 584. The number of ether oxygens (including phenoxy) is 1. The zero-order valence-corrected chi connectivity index (χ0v) is 9.53. The Morgan fingerprint density at radius 1 is 1.44 bits per heavy atom. The first-order valence-electron chi connectivity index (χ1n) is 5.09. The van der Waals surface area contributed by atoms with Crippen LogP contribution in [0.15, 0.2) is 36.7 Å². The molecule has 0 saturated heterocycles. The number of nitro benzene ring substituents is 1. The maximum absolute atomic E-state index is 11.0. The van der Waals surface area contributed by atoms with Gasteiger partial charge in [-0.3, -0.25) is 15.1 Å². The summed E-state index contributed by atoms with van der Waals surface area (Å²) in [4.78, 5) is 14.3. The lowest BCUT2D eigenvalue weighted by Gasteiger charge is -2.07. The van der Waals surface area contributed by atoms with Crippen LogP contribution >= 0.6 is 0 Å². The molecule has 92 valence electrons. The Hall–Kier alpha value is -2.63. The Balaban J connectivity index is 2.68. The number of aromatic nitrogens is 1. The topological polar surface area (TPSA) is 85.5 Å². The molecule has 1 heterocycles. The highest BCUT2D eigenvalue weighted by atomic mass is 16.6. The minimum atomic E-state index is -0.554. The molecule has 0 bridgehead atoms. The van der Waals surface area contributed by atoms with E-state index in [0.717, 1.165) is 6.07 Å². The van der Waals surface area contributed by atoms with Gasteiger partial charge < -0.3 is 9.84 Å². The number of nitrogens with zero attached hydrogens (tertiary/aromatic N) is 2. The molecule has 1 aromatic heterocycles. The minimum absolute atomic E-state index is 0.180. The van der Waals surface area contributed by atoms with Gasteiger partial charge in [-0.15, -0.1) is 0 Å². The fraction of sp³-hybridized carbons (Fsp3) is 0.0833. The van der Waals surface area contributed by atoms with Crippen LogP contribution in [-0.2, 0) is 0 Å². The number of phenolic OH excluding ortho intramolecular Hbond substituents is 1. The van der Waals surface area contributed by atoms with Crippen LogP contribution in [0.4, 0.5) is 5.69 Å². The van der Waals surface area contributed by atoms with E-state index in [1.165, 1.54) is 19.4 Å². The van der Waals surface area contributed by atoms with Crippen LogP contribution < -0.4 is 4.74 Å². The molecule has 0 amide bonds. The van der Waals surface area contributed by atoms with E-state index in [1.807, 2.05) is 0 Å². The van der Waals surface area contributed by atoms with Gasteiger partial charge in [-0.1, -0.05) is 6.07 Å². The molecule has 6 heteroatoms. The maximum Gasteiger partial charge on any atom is 0.281 e. The van der Waals surface area contributed by atoms with Crippen LogP contribution in [0.1, 0.15) is 0 Å². The second kappa shape index (κ2) is 4.70. The summed E-state index contributed by atoms with van der Waals surface area (Å²) in [5, 5.41) is 20.5. The molecule has 6 nitrogen and oxygen atoms in total. The Morgan fingerprint density at radius 2 is 2.22 bits per heavy atom. The number of aromatic hydroxyl groups is 1. The molecule has 0 saturated carbocycles. The molecule has 0 aliphatic carbocycles. The van der Waals surface area contributed by atoms with E-state index in [1.54, 1.807) is 18.3 Å². The van der Waals surface area contributed by atoms with E-state index in [-0.39, 0.29) is 17.2 Å². The fourth-order valence-corrected chi connectivity index (χ4v) is 1.63. The number of hydrogen-bond donors (Lipinski definition) is 1. The van der Waals surface area contributed by atoms with Gasteiger partial charge in [0.1, 0.15) is 0 Å². The molecule has 1 aromatic carbocycles. The molecule has 2 aromatic rings. The van der Waals surface area contributed by atoms with Gasteiger partial charge in [-0.25, -0.2) is 0 Å². The lowest BCUT2D eigenvalue weighted by molar-refractivity contribution is -0.384. The van der Waals surface area contributed by atoms with Gasteiger partial charge in [-0.2, -0.15) is 0 Å². The molecular formula is C12H10N2O4. The molecule has 0 aliphatic heterocycles. The zero-order valence-electron chi connectivity index (χ0n) is 9.53. The number of rotatable bonds is 3. The highest BCUT2D eigenvalue weighted by Crippen LogP contribution is 2.38. The summed E-state index contributed by atoms with van der Waals surface area (Å²) in [5.41, 5.74) is 0.742. The monoisotopic (exact) mass is 246 g/mol. The number of methoxy groups -OCH3 is 1. The van der Waals surface area contributed by atoms with Crippen molar-refractivity contribution in [2.45, 2.75) is 0 Å². The van der Waals surface area contributed by atoms with Gasteiger partial charge in [0.05, 0.1) is 23.7 Å². The standard InChI is InChI=1S/C12H10N2O4/c1-18-12-5-9(8-3-2-4-13-7-8)10(14(16)17)6-11(12)15/h2-7,15H,1H3. The third-order valence-corrected chi connectivity index (χ3v) is 2.47. The number of benzene rings is 1. The second-order valence-corrected chi connectivity index (χ2v) is 3.54. The molecule has 0 atom stereocenters. The van der Waals surface area contributed by atoms with Gasteiger partial charge in [0.2, 0.25) is 0 Å². The number of phenols is 1. The summed E-state index contributed by atoms with van der Waals surface area (Å²) in [7, 11) is 1.38. The summed E-state index contributed by atoms with van der Waals surface area (Å²) in [5.74, 6) is -0.0868. The predicted octanol–water partition coefficient (Wildman–Crippen LogP) is 2.37. The smallest absolute Gasteiger partial charge is 0.281 e. The van der Waals surface area contributed by atoms with Crippen LogP contribution in [0.2, 0.25) is 0 Å². The number of pyridine rings is 1. The SMILES string of the molecule is COc1cc(-c2cccnc2)c([N+](=O)[O-])cc1O. The van der Waals surface area contributed by atoms with Crippen molar-refractivity contribution >= 4 is 5.69 Å². The summed E-state index contributed by atoms with van der Waals surface area (Å²) in [6.07, 6.45) is 3.09. The third-order valence-electron chi connectivity index (χ3n) is 2.47. The largest absolute Gasteiger partial charge is 0.504 e. The molecule has 2 rings (SSSR count). The normalized spacial score (nSPS) is 10.1. The Morgan fingerprint density at radius 3 is 2.78 bits per heavy atom. The summed E-state index contributed by atoms with van der Waals surface area (Å²) in [6.45, 7) is 0. The first kappa shape index (κ1) is 11.8. The average molecular weight is 246 g/mol. The van der Waals surface area contributed by atoms with Gasteiger partial charge in [0.25, 0.3) is 5.69 Å². The molecule has 18 heavy (non-hydrogen) atoms. The maximum atomic E-state index is 11.0. The zero-order chi connectivity index (χ0) is 13.1. The van der Waals surface area contributed by atoms with E-state index >= 15 is 0 Å². The second-order valence-electron chi connectivity index (χ2n) is 3.54. The van der Waals surface area contributed by atoms with Gasteiger partial charge in [-0.05, 0) is 12.1 Å². The first-order chi connectivity index (χ1) is 8.63. The van der Waals surface area contributed by atoms with E-state index in [4.69, 9.17) is 4.74 Å². The quantitative estimate of drug-likeness (QED) is 0.663. The average Bonchev–Trinajstić information content (AvgIpc) is 2.39. The van der Waals surface area contributed by atoms with E-state index in [2.05, 4.69) is 4.98 Å². The van der Waals surface area contributed by atoms with Crippen molar-refractivity contribution < 1.29 is 14.8 Å². The molecule has 1 N–H and O–H groups in total. The summed E-state index contributed by atoms with van der Waals surface area (Å²) in [6, 6.07) is 5.87. The van der Waals surface area contributed by atoms with Crippen molar-refractivity contribution in [1.82, 2.24) is 4.98 Å². The number of nitro groups is 1. The van der Waals surface area contributed by atoms with Crippen LogP contribution in [0.3, 0.4) is 0 Å². The van der Waals surface area contributed by atoms with Crippen LogP contribution in [-0.4, -0.2) is 22.1 Å². The van der Waals surface area contributed by atoms with Crippen molar-refractivity contribution in [1.29, 1.82) is 0 Å². The van der Waals surface area contributed by atoms with Gasteiger partial charge in [0, 0.05) is 18.0 Å². The van der Waals surface area contributed by atoms with Gasteiger partial charge >= 0.3 is 0 Å².